The van der Waals surface area contributed by atoms with Gasteiger partial charge in [0.2, 0.25) is 0 Å². The van der Waals surface area contributed by atoms with Crippen LogP contribution in [-0.2, 0) is 17.6 Å². The van der Waals surface area contributed by atoms with Crippen LogP contribution in [-0.4, -0.2) is 78.0 Å². The SMILES string of the molecule is CCCc1cccc(Nc2cc(N[C@@H]3CCCC[C@@H]3N)nnc2C(N)=O)n1.CCCc1cccc(Nc2cc(N[C@@H]3CCCC[C@@H]3NC(=O)OC(C)(C)C)nnc2C(N)=O)n1. The van der Waals surface area contributed by atoms with Gasteiger partial charge in [0.1, 0.15) is 17.2 Å². The van der Waals surface area contributed by atoms with Gasteiger partial charge in [0.05, 0.1) is 17.4 Å². The van der Waals surface area contributed by atoms with Crippen LogP contribution in [0.4, 0.5) is 39.4 Å². The maximum Gasteiger partial charge on any atom is 0.407 e. The van der Waals surface area contributed by atoms with Crippen LogP contribution in [0.5, 0.6) is 0 Å². The molecular weight excluding hydrogens is 777 g/mol. The standard InChI is InChI=1S/C24H35N7O3.C19H27N7O/c1-5-9-15-10-8-13-19(26-15)28-18-14-20(30-31-21(18)22(25)32)27-16-11-6-7-12-17(16)29-23(33)34-24(2,3)4;1-2-6-12-7-5-10-16(22-12)24-15-11-17(25-26-18(15)19(21)27)23-14-9-4-3-8-13(14)20/h8,10,13-14,16-17H,5-7,9,11-12H2,1-4H3,(H2,25,32)(H,29,33)(H2,26,27,28,30);5,7,10-11,13-14H,2-4,6,8-9,20H2,1H3,(H2,21,27)(H2,22,23,24,25)/t16-,17+;13-,14+/m10/s1. The van der Waals surface area contributed by atoms with Gasteiger partial charge in [-0.25, -0.2) is 14.8 Å². The van der Waals surface area contributed by atoms with E-state index in [2.05, 4.69) is 70.8 Å². The number of alkyl carbamates (subject to hydrolysis) is 1. The van der Waals surface area contributed by atoms with Crippen molar-refractivity contribution < 1.29 is 19.1 Å². The Bertz CT molecular complexity index is 2090. The van der Waals surface area contributed by atoms with E-state index >= 15 is 0 Å². The fraction of sp³-hybridized carbons (Fsp3) is 0.512. The molecule has 18 nitrogen and oxygen atoms in total. The topological polar surface area (TPSA) is 276 Å². The molecule has 328 valence electrons. The molecule has 0 radical (unpaired) electrons. The van der Waals surface area contributed by atoms with Crippen LogP contribution < -0.4 is 43.8 Å². The van der Waals surface area contributed by atoms with Crippen LogP contribution in [0.15, 0.2) is 48.5 Å². The van der Waals surface area contributed by atoms with Crippen molar-refractivity contribution in [2.45, 2.75) is 141 Å². The van der Waals surface area contributed by atoms with E-state index in [1.54, 1.807) is 12.1 Å². The minimum absolute atomic E-state index is 0.0281. The van der Waals surface area contributed by atoms with Crippen LogP contribution in [0.25, 0.3) is 0 Å². The largest absolute Gasteiger partial charge is 0.444 e. The van der Waals surface area contributed by atoms with Crippen molar-refractivity contribution in [3.05, 3.63) is 71.3 Å². The molecule has 2 aliphatic carbocycles. The zero-order valence-corrected chi connectivity index (χ0v) is 36.0. The molecule has 2 saturated carbocycles. The Balaban J connectivity index is 0.000000237. The fourth-order valence-electron chi connectivity index (χ4n) is 7.30. The molecule has 3 amide bonds. The number of ether oxygens (including phenoxy) is 1. The zero-order chi connectivity index (χ0) is 43.9. The smallest absolute Gasteiger partial charge is 0.407 e. The van der Waals surface area contributed by atoms with Crippen LogP contribution in [0, 0.1) is 0 Å². The summed E-state index contributed by atoms with van der Waals surface area (Å²) < 4.78 is 5.42. The van der Waals surface area contributed by atoms with E-state index in [4.69, 9.17) is 21.9 Å². The number of anilines is 6. The van der Waals surface area contributed by atoms with Gasteiger partial charge in [0.25, 0.3) is 11.8 Å². The van der Waals surface area contributed by atoms with Crippen LogP contribution in [0.2, 0.25) is 0 Å². The minimum Gasteiger partial charge on any atom is -0.444 e. The second-order valence-corrected chi connectivity index (χ2v) is 16.5. The summed E-state index contributed by atoms with van der Waals surface area (Å²) in [7, 11) is 0. The first-order valence-corrected chi connectivity index (χ1v) is 21.3. The second-order valence-electron chi connectivity index (χ2n) is 16.5. The van der Waals surface area contributed by atoms with Gasteiger partial charge in [-0.2, -0.15) is 0 Å². The first-order chi connectivity index (χ1) is 29.2. The number of hydrogen-bond acceptors (Lipinski definition) is 15. The molecular formula is C43H62N14O4. The number of rotatable bonds is 15. The van der Waals surface area contributed by atoms with Crippen LogP contribution in [0.3, 0.4) is 0 Å². The summed E-state index contributed by atoms with van der Waals surface area (Å²) in [5, 5.41) is 32.3. The Labute approximate surface area is 357 Å². The normalized spacial score (nSPS) is 18.7. The zero-order valence-electron chi connectivity index (χ0n) is 36.0. The van der Waals surface area contributed by atoms with Gasteiger partial charge in [0.15, 0.2) is 23.0 Å². The summed E-state index contributed by atoms with van der Waals surface area (Å²) in [6.07, 6.45) is 11.3. The van der Waals surface area contributed by atoms with Crippen LogP contribution >= 0.6 is 0 Å². The lowest BCUT2D eigenvalue weighted by Crippen LogP contribution is -2.49. The molecule has 0 aromatic carbocycles. The van der Waals surface area contributed by atoms with Crippen molar-refractivity contribution in [3.63, 3.8) is 0 Å². The molecule has 6 rings (SSSR count). The van der Waals surface area contributed by atoms with Gasteiger partial charge in [0, 0.05) is 41.6 Å². The monoisotopic (exact) mass is 839 g/mol. The number of nitrogens with two attached hydrogens (primary N) is 3. The highest BCUT2D eigenvalue weighted by Crippen LogP contribution is 2.27. The molecule has 0 aliphatic heterocycles. The Kier molecular flexibility index (Phi) is 16.5. The number of primary amides is 2. The molecule has 4 aromatic heterocycles. The summed E-state index contributed by atoms with van der Waals surface area (Å²) >= 11 is 0. The van der Waals surface area contributed by atoms with E-state index in [0.717, 1.165) is 88.4 Å². The average Bonchev–Trinajstić information content (AvgIpc) is 3.20. The molecule has 4 heterocycles. The molecule has 2 fully saturated rings. The molecule has 4 atom stereocenters. The van der Waals surface area contributed by atoms with Crippen molar-refractivity contribution in [1.29, 1.82) is 0 Å². The molecule has 0 spiro atoms. The molecule has 2 aliphatic rings. The Morgan fingerprint density at radius 2 is 1.11 bits per heavy atom. The highest BCUT2D eigenvalue weighted by molar-refractivity contribution is 5.98. The number of amides is 3. The van der Waals surface area contributed by atoms with Gasteiger partial charge < -0.3 is 48.5 Å². The lowest BCUT2D eigenvalue weighted by Gasteiger charge is -2.33. The quantitative estimate of drug-likeness (QED) is 0.0656. The van der Waals surface area contributed by atoms with Crippen LogP contribution in [0.1, 0.15) is 131 Å². The first-order valence-electron chi connectivity index (χ1n) is 21.3. The van der Waals surface area contributed by atoms with E-state index in [-0.39, 0.29) is 35.6 Å². The number of nitrogens with zero attached hydrogens (tertiary/aromatic N) is 6. The summed E-state index contributed by atoms with van der Waals surface area (Å²) in [6.45, 7) is 9.70. The lowest BCUT2D eigenvalue weighted by atomic mass is 9.90. The first kappa shape index (κ1) is 45.9. The second kappa shape index (κ2) is 21.9. The number of aromatic nitrogens is 6. The van der Waals surface area contributed by atoms with E-state index in [0.29, 0.717) is 34.6 Å². The van der Waals surface area contributed by atoms with E-state index in [9.17, 15) is 14.4 Å². The average molecular weight is 839 g/mol. The van der Waals surface area contributed by atoms with E-state index in [1.807, 2.05) is 57.2 Å². The van der Waals surface area contributed by atoms with Crippen molar-refractivity contribution >= 4 is 52.6 Å². The Morgan fingerprint density at radius 3 is 1.57 bits per heavy atom. The highest BCUT2D eigenvalue weighted by atomic mass is 16.6. The van der Waals surface area contributed by atoms with Crippen molar-refractivity contribution in [1.82, 2.24) is 35.7 Å². The molecule has 0 saturated heterocycles. The predicted molar refractivity (Wildman–Crippen MR) is 237 cm³/mol. The number of pyridine rings is 2. The maximum absolute atomic E-state index is 12.3. The number of carbonyl (C=O) groups excluding carboxylic acids is 3. The summed E-state index contributed by atoms with van der Waals surface area (Å²) in [5.41, 5.74) is 19.6. The lowest BCUT2D eigenvalue weighted by molar-refractivity contribution is 0.0488. The molecule has 11 N–H and O–H groups in total. The summed E-state index contributed by atoms with van der Waals surface area (Å²) in [5.74, 6) is 0.935. The number of carbonyl (C=O) groups is 3. The molecule has 0 bridgehead atoms. The predicted octanol–water partition coefficient (Wildman–Crippen LogP) is 6.26. The van der Waals surface area contributed by atoms with Crippen molar-refractivity contribution in [2.24, 2.45) is 17.2 Å². The van der Waals surface area contributed by atoms with E-state index < -0.39 is 23.5 Å². The summed E-state index contributed by atoms with van der Waals surface area (Å²) in [6, 6.07) is 14.9. The summed E-state index contributed by atoms with van der Waals surface area (Å²) in [4.78, 5) is 45.2. The Morgan fingerprint density at radius 1 is 0.656 bits per heavy atom. The minimum atomic E-state index is -0.687. The number of hydrogen-bond donors (Lipinski definition) is 8. The highest BCUT2D eigenvalue weighted by Gasteiger charge is 2.29. The van der Waals surface area contributed by atoms with Crippen molar-refractivity contribution in [2.75, 3.05) is 21.3 Å². The maximum atomic E-state index is 12.3. The van der Waals surface area contributed by atoms with Gasteiger partial charge in [-0.3, -0.25) is 9.59 Å². The van der Waals surface area contributed by atoms with Gasteiger partial charge in [-0.1, -0.05) is 64.5 Å². The van der Waals surface area contributed by atoms with E-state index in [1.165, 1.54) is 0 Å². The van der Waals surface area contributed by atoms with Crippen molar-refractivity contribution in [3.8, 4) is 0 Å². The van der Waals surface area contributed by atoms with Gasteiger partial charge >= 0.3 is 6.09 Å². The fourth-order valence-corrected chi connectivity index (χ4v) is 7.30. The molecule has 61 heavy (non-hydrogen) atoms. The third-order valence-electron chi connectivity index (χ3n) is 10.2. The number of nitrogens with one attached hydrogen (secondary N) is 5. The molecule has 18 heteroatoms. The third-order valence-corrected chi connectivity index (χ3v) is 10.2. The third kappa shape index (κ3) is 14.2. The molecule has 4 aromatic rings. The number of aryl methyl sites for hydroxylation is 2. The van der Waals surface area contributed by atoms with Gasteiger partial charge in [-0.15, -0.1) is 20.4 Å². The Hall–Kier alpha value is -6.17. The molecule has 0 unspecified atom stereocenters. The van der Waals surface area contributed by atoms with Gasteiger partial charge in [-0.05, 0) is 83.6 Å².